The second kappa shape index (κ2) is 9.50. The average molecular weight is 446 g/mol. The fraction of sp³-hybridized carbons (Fsp3) is 0.435. The van der Waals surface area contributed by atoms with Gasteiger partial charge in [0.15, 0.2) is 0 Å². The first kappa shape index (κ1) is 23.4. The molecule has 1 aliphatic rings. The molecule has 0 saturated carbocycles. The Morgan fingerprint density at radius 1 is 1.09 bits per heavy atom. The maximum Gasteiger partial charge on any atom is 0.410 e. The van der Waals surface area contributed by atoms with E-state index in [2.05, 4.69) is 10.3 Å². The predicted molar refractivity (Wildman–Crippen MR) is 117 cm³/mol. The van der Waals surface area contributed by atoms with Crippen molar-refractivity contribution < 1.29 is 23.1 Å². The number of carbonyl (C=O) groups excluding carboxylic acids is 2. The molecule has 0 spiro atoms. The molecule has 0 bridgehead atoms. The van der Waals surface area contributed by atoms with Crippen LogP contribution >= 0.6 is 0 Å². The molecule has 0 radical (unpaired) electrons. The van der Waals surface area contributed by atoms with Gasteiger partial charge in [-0.15, -0.1) is 0 Å². The van der Waals surface area contributed by atoms with E-state index in [1.54, 1.807) is 29.0 Å². The first-order chi connectivity index (χ1) is 15.0. The van der Waals surface area contributed by atoms with Crippen molar-refractivity contribution in [2.75, 3.05) is 25.5 Å². The van der Waals surface area contributed by atoms with Crippen LogP contribution in [0.4, 0.5) is 24.2 Å². The zero-order valence-electron chi connectivity index (χ0n) is 18.7. The summed E-state index contributed by atoms with van der Waals surface area (Å²) in [7, 11) is 1.70. The van der Waals surface area contributed by atoms with Crippen molar-refractivity contribution >= 4 is 17.9 Å². The lowest BCUT2D eigenvalue weighted by Crippen LogP contribution is -2.49. The summed E-state index contributed by atoms with van der Waals surface area (Å²) >= 11 is 0. The van der Waals surface area contributed by atoms with Gasteiger partial charge in [0, 0.05) is 44.0 Å². The van der Waals surface area contributed by atoms with Crippen LogP contribution in [-0.4, -0.2) is 58.7 Å². The second-order valence-corrected chi connectivity index (χ2v) is 8.83. The largest absolute Gasteiger partial charge is 0.444 e. The Kier molecular flexibility index (Phi) is 6.96. The number of nitrogens with one attached hydrogen (secondary N) is 1. The first-order valence-electron chi connectivity index (χ1n) is 10.5. The smallest absolute Gasteiger partial charge is 0.410 e. The molecule has 0 aliphatic carbocycles. The molecule has 2 heterocycles. The second-order valence-electron chi connectivity index (χ2n) is 8.83. The average Bonchev–Trinajstić information content (AvgIpc) is 2.72. The molecule has 1 saturated heterocycles. The summed E-state index contributed by atoms with van der Waals surface area (Å²) in [5.41, 5.74) is 0.349. The Morgan fingerprint density at radius 2 is 1.72 bits per heavy atom. The maximum atomic E-state index is 13.4. The van der Waals surface area contributed by atoms with Gasteiger partial charge in [-0.05, 0) is 63.4 Å². The van der Waals surface area contributed by atoms with Crippen molar-refractivity contribution in [1.82, 2.24) is 14.8 Å². The van der Waals surface area contributed by atoms with E-state index in [-0.39, 0.29) is 18.2 Å². The summed E-state index contributed by atoms with van der Waals surface area (Å²) in [4.78, 5) is 32.3. The molecule has 9 heteroatoms. The lowest BCUT2D eigenvalue weighted by molar-refractivity contribution is 0.0174. The quantitative estimate of drug-likeness (QED) is 0.729. The molecule has 1 aromatic heterocycles. The van der Waals surface area contributed by atoms with Crippen molar-refractivity contribution in [3.05, 3.63) is 48.2 Å². The fourth-order valence-corrected chi connectivity index (χ4v) is 3.48. The summed E-state index contributed by atoms with van der Waals surface area (Å²) in [5.74, 6) is -1.01. The maximum absolute atomic E-state index is 13.4. The summed E-state index contributed by atoms with van der Waals surface area (Å²) in [6, 6.07) is 6.11. The standard InChI is InChI=1S/C23H28F2N4O3/c1-23(2,3)32-22(31)29-9-7-19(8-10-29)28(4)21(30)27-20-6-5-15(14-26-20)16-11-17(24)13-18(25)12-16/h5-6,11-14,19H,7-10H2,1-4H3,(H,26,27,30). The van der Waals surface area contributed by atoms with Gasteiger partial charge in [-0.2, -0.15) is 0 Å². The molecule has 2 aromatic rings. The Balaban J connectivity index is 1.54. The Labute approximate surface area is 186 Å². The highest BCUT2D eigenvalue weighted by Gasteiger charge is 2.30. The Hall–Kier alpha value is -3.23. The number of nitrogens with zero attached hydrogens (tertiary/aromatic N) is 3. The summed E-state index contributed by atoms with van der Waals surface area (Å²) in [5, 5.41) is 2.73. The summed E-state index contributed by atoms with van der Waals surface area (Å²) < 4.78 is 32.2. The number of ether oxygens (including phenoxy) is 1. The zero-order chi connectivity index (χ0) is 23.5. The van der Waals surface area contributed by atoms with Gasteiger partial charge in [-0.1, -0.05) is 0 Å². The number of pyridine rings is 1. The van der Waals surface area contributed by atoms with Crippen LogP contribution < -0.4 is 5.32 Å². The van der Waals surface area contributed by atoms with Crippen LogP contribution in [-0.2, 0) is 4.74 Å². The van der Waals surface area contributed by atoms with Crippen LogP contribution in [0.25, 0.3) is 11.1 Å². The van der Waals surface area contributed by atoms with E-state index >= 15 is 0 Å². The minimum Gasteiger partial charge on any atom is -0.444 e. The highest BCUT2D eigenvalue weighted by Crippen LogP contribution is 2.23. The SMILES string of the molecule is CN(C(=O)Nc1ccc(-c2cc(F)cc(F)c2)cn1)C1CCN(C(=O)OC(C)(C)C)CC1. The lowest BCUT2D eigenvalue weighted by atomic mass is 10.0. The van der Waals surface area contributed by atoms with Gasteiger partial charge in [-0.3, -0.25) is 5.32 Å². The Morgan fingerprint density at radius 3 is 2.25 bits per heavy atom. The molecule has 1 aliphatic heterocycles. The molecule has 172 valence electrons. The van der Waals surface area contributed by atoms with Gasteiger partial charge in [0.1, 0.15) is 23.1 Å². The summed E-state index contributed by atoms with van der Waals surface area (Å²) in [6.45, 7) is 6.49. The third kappa shape index (κ3) is 6.15. The van der Waals surface area contributed by atoms with Gasteiger partial charge in [-0.25, -0.2) is 23.4 Å². The molecule has 3 rings (SSSR count). The number of rotatable bonds is 3. The lowest BCUT2D eigenvalue weighted by Gasteiger charge is -2.37. The van der Waals surface area contributed by atoms with Crippen molar-refractivity contribution in [3.63, 3.8) is 0 Å². The fourth-order valence-electron chi connectivity index (χ4n) is 3.48. The van der Waals surface area contributed by atoms with Crippen LogP contribution in [0, 0.1) is 11.6 Å². The number of halogens is 2. The third-order valence-corrected chi connectivity index (χ3v) is 5.18. The number of urea groups is 1. The monoisotopic (exact) mass is 446 g/mol. The predicted octanol–water partition coefficient (Wildman–Crippen LogP) is 4.89. The molecule has 0 unspecified atom stereocenters. The highest BCUT2D eigenvalue weighted by atomic mass is 19.1. The minimum atomic E-state index is -0.670. The van der Waals surface area contributed by atoms with Gasteiger partial charge >= 0.3 is 12.1 Å². The molecule has 32 heavy (non-hydrogen) atoms. The first-order valence-corrected chi connectivity index (χ1v) is 10.5. The van der Waals surface area contributed by atoms with Crippen molar-refractivity contribution in [1.29, 1.82) is 0 Å². The number of likely N-dealkylation sites (tertiary alicyclic amines) is 1. The van der Waals surface area contributed by atoms with Gasteiger partial charge < -0.3 is 14.5 Å². The van der Waals surface area contributed by atoms with Crippen molar-refractivity contribution in [2.45, 2.75) is 45.3 Å². The number of hydrogen-bond donors (Lipinski definition) is 1. The number of carbonyl (C=O) groups is 2. The molecule has 1 aromatic carbocycles. The summed E-state index contributed by atoms with van der Waals surface area (Å²) in [6.07, 6.45) is 2.38. The van der Waals surface area contributed by atoms with Gasteiger partial charge in [0.05, 0.1) is 0 Å². The third-order valence-electron chi connectivity index (χ3n) is 5.18. The number of hydrogen-bond acceptors (Lipinski definition) is 4. The van der Waals surface area contributed by atoms with Crippen LogP contribution in [0.3, 0.4) is 0 Å². The molecule has 1 N–H and O–H groups in total. The minimum absolute atomic E-state index is 0.0248. The number of amides is 3. The van der Waals surface area contributed by atoms with E-state index in [0.29, 0.717) is 42.9 Å². The van der Waals surface area contributed by atoms with E-state index in [0.717, 1.165) is 6.07 Å². The topological polar surface area (TPSA) is 74.8 Å². The van der Waals surface area contributed by atoms with Crippen LogP contribution in [0.15, 0.2) is 36.5 Å². The van der Waals surface area contributed by atoms with Crippen LogP contribution in [0.1, 0.15) is 33.6 Å². The van der Waals surface area contributed by atoms with E-state index in [1.807, 2.05) is 20.8 Å². The number of aromatic nitrogens is 1. The zero-order valence-corrected chi connectivity index (χ0v) is 18.7. The van der Waals surface area contributed by atoms with Gasteiger partial charge in [0.2, 0.25) is 0 Å². The number of benzene rings is 1. The molecular formula is C23H28F2N4O3. The number of piperidine rings is 1. The van der Waals surface area contributed by atoms with Gasteiger partial charge in [0.25, 0.3) is 0 Å². The van der Waals surface area contributed by atoms with Crippen LogP contribution in [0.5, 0.6) is 0 Å². The number of anilines is 1. The highest BCUT2D eigenvalue weighted by molar-refractivity contribution is 5.88. The van der Waals surface area contributed by atoms with E-state index in [4.69, 9.17) is 4.74 Å². The van der Waals surface area contributed by atoms with E-state index < -0.39 is 17.2 Å². The molecular weight excluding hydrogens is 418 g/mol. The van der Waals surface area contributed by atoms with E-state index in [9.17, 15) is 18.4 Å². The molecule has 7 nitrogen and oxygen atoms in total. The van der Waals surface area contributed by atoms with E-state index in [1.165, 1.54) is 18.3 Å². The molecule has 3 amide bonds. The normalized spacial score (nSPS) is 14.8. The van der Waals surface area contributed by atoms with Crippen molar-refractivity contribution in [2.24, 2.45) is 0 Å². The Bertz CT molecular complexity index is 948. The molecule has 1 fully saturated rings. The van der Waals surface area contributed by atoms with Crippen LogP contribution in [0.2, 0.25) is 0 Å². The van der Waals surface area contributed by atoms with Crippen molar-refractivity contribution in [3.8, 4) is 11.1 Å². The molecule has 0 atom stereocenters.